The minimum absolute atomic E-state index is 0.111. The average Bonchev–Trinajstić information content (AvgIpc) is 3.40. The predicted octanol–water partition coefficient (Wildman–Crippen LogP) is 5.99. The second-order valence-corrected chi connectivity index (χ2v) is 8.18. The van der Waals surface area contributed by atoms with Crippen LogP contribution in [0, 0.1) is 0 Å². The lowest BCUT2D eigenvalue weighted by molar-refractivity contribution is -0.137. The maximum absolute atomic E-state index is 13.0. The zero-order valence-corrected chi connectivity index (χ0v) is 17.5. The van der Waals surface area contributed by atoms with Crippen LogP contribution in [0.4, 0.5) is 13.2 Å². The molecule has 158 valence electrons. The Morgan fingerprint density at radius 2 is 1.65 bits per heavy atom. The van der Waals surface area contributed by atoms with E-state index in [9.17, 15) is 18.0 Å². The van der Waals surface area contributed by atoms with Gasteiger partial charge in [-0.1, -0.05) is 30.3 Å². The van der Waals surface area contributed by atoms with Crippen molar-refractivity contribution >= 4 is 17.2 Å². The van der Waals surface area contributed by atoms with Crippen molar-refractivity contribution in [2.75, 3.05) is 14.1 Å². The van der Waals surface area contributed by atoms with Crippen molar-refractivity contribution in [3.05, 3.63) is 83.2 Å². The van der Waals surface area contributed by atoms with Crippen LogP contribution in [-0.2, 0) is 6.18 Å². The van der Waals surface area contributed by atoms with E-state index in [0.29, 0.717) is 22.0 Å². The van der Waals surface area contributed by atoms with Crippen LogP contribution in [0.1, 0.15) is 15.2 Å². The van der Waals surface area contributed by atoms with Gasteiger partial charge in [0.05, 0.1) is 32.4 Å². The van der Waals surface area contributed by atoms with Gasteiger partial charge in [0, 0.05) is 19.7 Å². The molecule has 0 fully saturated rings. The van der Waals surface area contributed by atoms with E-state index in [1.807, 2.05) is 42.5 Å². The Morgan fingerprint density at radius 3 is 2.26 bits per heavy atom. The Balaban J connectivity index is 1.82. The lowest BCUT2D eigenvalue weighted by Crippen LogP contribution is -2.20. The first-order valence-electron chi connectivity index (χ1n) is 9.39. The van der Waals surface area contributed by atoms with Crippen LogP contribution >= 0.6 is 11.3 Å². The van der Waals surface area contributed by atoms with Crippen molar-refractivity contribution in [3.8, 4) is 27.5 Å². The zero-order valence-electron chi connectivity index (χ0n) is 16.7. The molecule has 0 aliphatic carbocycles. The van der Waals surface area contributed by atoms with Crippen LogP contribution in [0.5, 0.6) is 0 Å². The van der Waals surface area contributed by atoms with Crippen molar-refractivity contribution in [2.24, 2.45) is 0 Å². The monoisotopic (exact) mass is 441 g/mol. The Bertz CT molecular complexity index is 1210. The molecule has 0 atom stereocenters. The fourth-order valence-electron chi connectivity index (χ4n) is 3.11. The summed E-state index contributed by atoms with van der Waals surface area (Å²) < 4.78 is 40.5. The van der Waals surface area contributed by atoms with Gasteiger partial charge in [0.15, 0.2) is 0 Å². The van der Waals surface area contributed by atoms with E-state index in [1.54, 1.807) is 24.8 Å². The summed E-state index contributed by atoms with van der Waals surface area (Å²) in [5, 5.41) is 4.65. The quantitative estimate of drug-likeness (QED) is 0.390. The van der Waals surface area contributed by atoms with E-state index in [0.717, 1.165) is 22.6 Å². The third-order valence-corrected chi connectivity index (χ3v) is 5.79. The molecular weight excluding hydrogens is 423 g/mol. The van der Waals surface area contributed by atoms with Crippen molar-refractivity contribution in [1.29, 1.82) is 0 Å². The lowest BCUT2D eigenvalue weighted by Gasteiger charge is -2.10. The number of carbonyl (C=O) groups excluding carboxylic acids is 1. The Hall–Kier alpha value is -3.39. The van der Waals surface area contributed by atoms with Gasteiger partial charge in [-0.2, -0.15) is 18.3 Å². The molecule has 0 saturated heterocycles. The lowest BCUT2D eigenvalue weighted by atomic mass is 10.1. The molecule has 31 heavy (non-hydrogen) atoms. The summed E-state index contributed by atoms with van der Waals surface area (Å²) in [6.07, 6.45) is -4.41. The van der Waals surface area contributed by atoms with E-state index >= 15 is 0 Å². The van der Waals surface area contributed by atoms with Crippen molar-refractivity contribution in [1.82, 2.24) is 14.7 Å². The van der Waals surface area contributed by atoms with Crippen molar-refractivity contribution in [2.45, 2.75) is 6.18 Å². The van der Waals surface area contributed by atoms with Crippen LogP contribution in [0.25, 0.3) is 27.5 Å². The summed E-state index contributed by atoms with van der Waals surface area (Å²) in [5.74, 6) is -0.111. The first-order chi connectivity index (χ1) is 14.7. The van der Waals surface area contributed by atoms with Gasteiger partial charge in [-0.05, 0) is 42.5 Å². The minimum Gasteiger partial charge on any atom is -0.344 e. The highest BCUT2D eigenvalue weighted by Crippen LogP contribution is 2.35. The topological polar surface area (TPSA) is 38.1 Å². The summed E-state index contributed by atoms with van der Waals surface area (Å²) >= 11 is 1.32. The van der Waals surface area contributed by atoms with Crippen LogP contribution in [0.2, 0.25) is 0 Å². The fourth-order valence-corrected chi connectivity index (χ4v) is 4.13. The molecule has 8 heteroatoms. The number of aromatic nitrogens is 2. The Labute approximate surface area is 181 Å². The standard InChI is InChI=1S/C23H18F3N3OS/c1-28(2)22(30)21-13-12-20(31-21)19-14-18(15-6-4-3-5-7-15)27-29(19)17-10-8-16(9-11-17)23(24,25)26/h3-14H,1-2H3. The Morgan fingerprint density at radius 1 is 0.968 bits per heavy atom. The first-order valence-corrected chi connectivity index (χ1v) is 10.2. The van der Waals surface area contributed by atoms with Crippen molar-refractivity contribution in [3.63, 3.8) is 0 Å². The van der Waals surface area contributed by atoms with Crippen LogP contribution in [0.3, 0.4) is 0 Å². The molecule has 0 aliphatic heterocycles. The average molecular weight is 441 g/mol. The number of carbonyl (C=O) groups is 1. The molecule has 0 unspecified atom stereocenters. The molecule has 0 N–H and O–H groups in total. The van der Waals surface area contributed by atoms with E-state index in [1.165, 1.54) is 28.4 Å². The minimum atomic E-state index is -4.41. The molecule has 2 heterocycles. The SMILES string of the molecule is CN(C)C(=O)c1ccc(-c2cc(-c3ccccc3)nn2-c2ccc(C(F)(F)F)cc2)s1. The number of thiophene rings is 1. The van der Waals surface area contributed by atoms with Crippen LogP contribution in [-0.4, -0.2) is 34.7 Å². The molecule has 0 radical (unpaired) electrons. The largest absolute Gasteiger partial charge is 0.416 e. The normalized spacial score (nSPS) is 11.5. The molecule has 1 amide bonds. The fraction of sp³-hybridized carbons (Fsp3) is 0.130. The molecule has 4 aromatic rings. The van der Waals surface area contributed by atoms with E-state index in [4.69, 9.17) is 0 Å². The third-order valence-electron chi connectivity index (χ3n) is 4.69. The maximum Gasteiger partial charge on any atom is 0.416 e. The number of amides is 1. The van der Waals surface area contributed by atoms with E-state index < -0.39 is 11.7 Å². The van der Waals surface area contributed by atoms with Gasteiger partial charge in [-0.3, -0.25) is 4.79 Å². The number of hydrogen-bond acceptors (Lipinski definition) is 3. The summed E-state index contributed by atoms with van der Waals surface area (Å²) in [4.78, 5) is 15.2. The molecule has 0 aliphatic rings. The predicted molar refractivity (Wildman–Crippen MR) is 115 cm³/mol. The second kappa shape index (κ2) is 8.03. The van der Waals surface area contributed by atoms with Gasteiger partial charge in [-0.15, -0.1) is 11.3 Å². The molecule has 0 spiro atoms. The summed E-state index contributed by atoms with van der Waals surface area (Å²) in [7, 11) is 3.36. The number of hydrogen-bond donors (Lipinski definition) is 0. The van der Waals surface area contributed by atoms with Crippen LogP contribution < -0.4 is 0 Å². The van der Waals surface area contributed by atoms with E-state index in [2.05, 4.69) is 5.10 Å². The van der Waals surface area contributed by atoms with Gasteiger partial charge in [0.1, 0.15) is 0 Å². The van der Waals surface area contributed by atoms with Gasteiger partial charge in [0.2, 0.25) is 0 Å². The number of halogens is 3. The number of alkyl halides is 3. The molecule has 0 saturated carbocycles. The number of rotatable bonds is 4. The highest BCUT2D eigenvalue weighted by Gasteiger charge is 2.30. The van der Waals surface area contributed by atoms with Gasteiger partial charge in [-0.25, -0.2) is 4.68 Å². The first kappa shape index (κ1) is 20.9. The molecular formula is C23H18F3N3OS. The highest BCUT2D eigenvalue weighted by atomic mass is 32.1. The van der Waals surface area contributed by atoms with Gasteiger partial charge in [0.25, 0.3) is 5.91 Å². The summed E-state index contributed by atoms with van der Waals surface area (Å²) in [6, 6.07) is 19.8. The molecule has 2 aromatic heterocycles. The third kappa shape index (κ3) is 4.25. The molecule has 4 nitrogen and oxygen atoms in total. The van der Waals surface area contributed by atoms with Gasteiger partial charge < -0.3 is 4.90 Å². The number of nitrogens with zero attached hydrogens (tertiary/aromatic N) is 3. The maximum atomic E-state index is 13.0. The van der Waals surface area contributed by atoms with Crippen molar-refractivity contribution < 1.29 is 18.0 Å². The molecule has 2 aromatic carbocycles. The molecule has 4 rings (SSSR count). The smallest absolute Gasteiger partial charge is 0.344 e. The number of benzene rings is 2. The second-order valence-electron chi connectivity index (χ2n) is 7.10. The summed E-state index contributed by atoms with van der Waals surface area (Å²) in [5.41, 5.74) is 2.05. The van der Waals surface area contributed by atoms with Gasteiger partial charge >= 0.3 is 6.18 Å². The zero-order chi connectivity index (χ0) is 22.2. The Kier molecular flexibility index (Phi) is 5.41. The van der Waals surface area contributed by atoms with Crippen LogP contribution in [0.15, 0.2) is 72.8 Å². The summed E-state index contributed by atoms with van der Waals surface area (Å²) in [6.45, 7) is 0. The molecule has 0 bridgehead atoms. The highest BCUT2D eigenvalue weighted by molar-refractivity contribution is 7.17. The van der Waals surface area contributed by atoms with E-state index in [-0.39, 0.29) is 5.91 Å².